The fourth-order valence-corrected chi connectivity index (χ4v) is 2.14. The lowest BCUT2D eigenvalue weighted by atomic mass is 10.1. The zero-order valence-electron chi connectivity index (χ0n) is 11.8. The van der Waals surface area contributed by atoms with Crippen LogP contribution in [0.25, 0.3) is 5.65 Å². The normalized spacial score (nSPS) is 11.6. The summed E-state index contributed by atoms with van der Waals surface area (Å²) in [5, 5.41) is 10.2. The van der Waals surface area contributed by atoms with Crippen molar-refractivity contribution >= 4 is 33.4 Å². The Labute approximate surface area is 126 Å². The van der Waals surface area contributed by atoms with Crippen LogP contribution >= 0.6 is 15.9 Å². The standard InChI is InChI=1S/C13H18BrN5O/c1-13(2,3)17-10(20)6-7-15-12-16-11-9(14)5-4-8-19(11)18-12/h4-5,8H,6-7H2,1-3H3,(H,15,18)(H,17,20). The number of amides is 1. The second-order valence-corrected chi connectivity index (χ2v) is 6.39. The number of hydrogen-bond donors (Lipinski definition) is 2. The molecule has 0 radical (unpaired) electrons. The van der Waals surface area contributed by atoms with E-state index in [9.17, 15) is 4.79 Å². The third-order valence-electron chi connectivity index (χ3n) is 2.46. The number of pyridine rings is 1. The minimum Gasteiger partial charge on any atom is -0.352 e. The van der Waals surface area contributed by atoms with Crippen LogP contribution in [0, 0.1) is 0 Å². The van der Waals surface area contributed by atoms with E-state index >= 15 is 0 Å². The molecule has 108 valence electrons. The van der Waals surface area contributed by atoms with Crippen molar-refractivity contribution < 1.29 is 4.79 Å². The number of fused-ring (bicyclic) bond motifs is 1. The molecule has 0 atom stereocenters. The summed E-state index contributed by atoms with van der Waals surface area (Å²) >= 11 is 3.42. The first-order valence-corrected chi connectivity index (χ1v) is 7.20. The summed E-state index contributed by atoms with van der Waals surface area (Å²) in [4.78, 5) is 16.0. The number of halogens is 1. The van der Waals surface area contributed by atoms with Gasteiger partial charge in [-0.25, -0.2) is 4.52 Å². The maximum Gasteiger partial charge on any atom is 0.243 e. The van der Waals surface area contributed by atoms with E-state index in [1.165, 1.54) is 0 Å². The highest BCUT2D eigenvalue weighted by atomic mass is 79.9. The molecule has 0 aliphatic heterocycles. The van der Waals surface area contributed by atoms with Gasteiger partial charge in [-0.2, -0.15) is 4.98 Å². The third kappa shape index (κ3) is 3.93. The van der Waals surface area contributed by atoms with Crippen molar-refractivity contribution in [3.8, 4) is 0 Å². The minimum atomic E-state index is -0.205. The summed E-state index contributed by atoms with van der Waals surface area (Å²) < 4.78 is 2.56. The molecule has 2 heterocycles. The molecule has 2 N–H and O–H groups in total. The first-order chi connectivity index (χ1) is 9.35. The summed E-state index contributed by atoms with van der Waals surface area (Å²) in [5.41, 5.74) is 0.540. The molecule has 0 bridgehead atoms. The van der Waals surface area contributed by atoms with E-state index in [2.05, 4.69) is 36.6 Å². The van der Waals surface area contributed by atoms with E-state index in [0.717, 1.165) is 10.1 Å². The summed E-state index contributed by atoms with van der Waals surface area (Å²) in [6, 6.07) is 3.79. The van der Waals surface area contributed by atoms with Crippen LogP contribution in [0.5, 0.6) is 0 Å². The van der Waals surface area contributed by atoms with Gasteiger partial charge in [-0.05, 0) is 48.8 Å². The molecule has 0 saturated carbocycles. The van der Waals surface area contributed by atoms with Gasteiger partial charge < -0.3 is 10.6 Å². The van der Waals surface area contributed by atoms with Crippen LogP contribution in [0.4, 0.5) is 5.95 Å². The van der Waals surface area contributed by atoms with E-state index in [4.69, 9.17) is 0 Å². The molecule has 2 aromatic heterocycles. The van der Waals surface area contributed by atoms with Crippen LogP contribution in [-0.4, -0.2) is 32.6 Å². The quantitative estimate of drug-likeness (QED) is 0.895. The minimum absolute atomic E-state index is 0.00921. The van der Waals surface area contributed by atoms with Crippen LogP contribution < -0.4 is 10.6 Å². The van der Waals surface area contributed by atoms with Gasteiger partial charge in [0, 0.05) is 24.7 Å². The average Bonchev–Trinajstić information content (AvgIpc) is 2.71. The third-order valence-corrected chi connectivity index (χ3v) is 3.08. The number of carbonyl (C=O) groups is 1. The van der Waals surface area contributed by atoms with Gasteiger partial charge >= 0.3 is 0 Å². The molecule has 2 rings (SSSR count). The van der Waals surface area contributed by atoms with Gasteiger partial charge in [0.2, 0.25) is 11.9 Å². The molecule has 0 unspecified atom stereocenters. The van der Waals surface area contributed by atoms with Crippen molar-refractivity contribution in [2.24, 2.45) is 0 Å². The Bertz CT molecular complexity index is 617. The number of carbonyl (C=O) groups excluding carboxylic acids is 1. The number of aromatic nitrogens is 3. The molecule has 20 heavy (non-hydrogen) atoms. The van der Waals surface area contributed by atoms with E-state index < -0.39 is 0 Å². The SMILES string of the molecule is CC(C)(C)NC(=O)CCNc1nc2c(Br)cccn2n1. The summed E-state index contributed by atoms with van der Waals surface area (Å²) in [5.74, 6) is 0.524. The van der Waals surface area contributed by atoms with Gasteiger partial charge in [-0.3, -0.25) is 4.79 Å². The maximum absolute atomic E-state index is 11.7. The monoisotopic (exact) mass is 339 g/mol. The largest absolute Gasteiger partial charge is 0.352 e. The Morgan fingerprint density at radius 1 is 1.45 bits per heavy atom. The van der Waals surface area contributed by atoms with E-state index in [1.54, 1.807) is 4.52 Å². The molecular formula is C13H18BrN5O. The molecule has 0 fully saturated rings. The number of anilines is 1. The molecule has 0 spiro atoms. The van der Waals surface area contributed by atoms with Gasteiger partial charge in [0.25, 0.3) is 0 Å². The zero-order chi connectivity index (χ0) is 14.8. The van der Waals surface area contributed by atoms with Crippen molar-refractivity contribution in [2.75, 3.05) is 11.9 Å². The Kier molecular flexibility index (Phi) is 4.27. The van der Waals surface area contributed by atoms with Crippen molar-refractivity contribution in [1.29, 1.82) is 0 Å². The zero-order valence-corrected chi connectivity index (χ0v) is 13.4. The lowest BCUT2D eigenvalue weighted by Crippen LogP contribution is -2.41. The fraction of sp³-hybridized carbons (Fsp3) is 0.462. The number of nitrogens with zero attached hydrogens (tertiary/aromatic N) is 3. The average molecular weight is 340 g/mol. The van der Waals surface area contributed by atoms with E-state index in [-0.39, 0.29) is 11.4 Å². The van der Waals surface area contributed by atoms with Crippen LogP contribution in [0.2, 0.25) is 0 Å². The predicted molar refractivity (Wildman–Crippen MR) is 81.7 cm³/mol. The summed E-state index contributed by atoms with van der Waals surface area (Å²) in [6.45, 7) is 6.37. The van der Waals surface area contributed by atoms with Crippen molar-refractivity contribution in [2.45, 2.75) is 32.7 Å². The maximum atomic E-state index is 11.7. The van der Waals surface area contributed by atoms with Crippen molar-refractivity contribution in [3.63, 3.8) is 0 Å². The molecule has 1 amide bonds. The van der Waals surface area contributed by atoms with Crippen LogP contribution in [0.1, 0.15) is 27.2 Å². The smallest absolute Gasteiger partial charge is 0.243 e. The highest BCUT2D eigenvalue weighted by molar-refractivity contribution is 9.10. The molecule has 6 nitrogen and oxygen atoms in total. The van der Waals surface area contributed by atoms with Gasteiger partial charge in [-0.1, -0.05) is 0 Å². The summed E-state index contributed by atoms with van der Waals surface area (Å²) in [6.07, 6.45) is 2.21. The first-order valence-electron chi connectivity index (χ1n) is 6.41. The lowest BCUT2D eigenvalue weighted by molar-refractivity contribution is -0.122. The highest BCUT2D eigenvalue weighted by Gasteiger charge is 2.13. The molecular weight excluding hydrogens is 322 g/mol. The lowest BCUT2D eigenvalue weighted by Gasteiger charge is -2.20. The second-order valence-electron chi connectivity index (χ2n) is 5.53. The molecule has 7 heteroatoms. The molecule has 0 aromatic carbocycles. The van der Waals surface area contributed by atoms with Crippen LogP contribution in [-0.2, 0) is 4.79 Å². The fourth-order valence-electron chi connectivity index (χ4n) is 1.72. The molecule has 0 saturated heterocycles. The van der Waals surface area contributed by atoms with Crippen LogP contribution in [0.15, 0.2) is 22.8 Å². The number of rotatable bonds is 4. The highest BCUT2D eigenvalue weighted by Crippen LogP contribution is 2.16. The van der Waals surface area contributed by atoms with Crippen molar-refractivity contribution in [1.82, 2.24) is 19.9 Å². The van der Waals surface area contributed by atoms with Crippen LogP contribution in [0.3, 0.4) is 0 Å². The van der Waals surface area contributed by atoms with Gasteiger partial charge in [0.05, 0.1) is 4.47 Å². The van der Waals surface area contributed by atoms with Gasteiger partial charge in [0.15, 0.2) is 5.65 Å². The van der Waals surface area contributed by atoms with Gasteiger partial charge in [0.1, 0.15) is 0 Å². The molecule has 0 aliphatic rings. The topological polar surface area (TPSA) is 71.3 Å². The molecule has 0 aliphatic carbocycles. The Balaban J connectivity index is 1.90. The van der Waals surface area contributed by atoms with E-state index in [0.29, 0.717) is 18.9 Å². The Morgan fingerprint density at radius 2 is 2.20 bits per heavy atom. The van der Waals surface area contributed by atoms with Crippen molar-refractivity contribution in [3.05, 3.63) is 22.8 Å². The molecule has 2 aromatic rings. The Morgan fingerprint density at radius 3 is 2.85 bits per heavy atom. The number of nitrogens with one attached hydrogen (secondary N) is 2. The predicted octanol–water partition coefficient (Wildman–Crippen LogP) is 2.21. The second kappa shape index (κ2) is 5.78. The Hall–Kier alpha value is -1.63. The summed E-state index contributed by atoms with van der Waals surface area (Å²) in [7, 11) is 0. The van der Waals surface area contributed by atoms with E-state index in [1.807, 2.05) is 39.1 Å². The first kappa shape index (κ1) is 14.8. The number of hydrogen-bond acceptors (Lipinski definition) is 4. The van der Waals surface area contributed by atoms with Gasteiger partial charge in [-0.15, -0.1) is 5.10 Å².